The molecule has 1 aliphatic rings. The molecule has 3 N–H and O–H groups in total. The predicted octanol–water partition coefficient (Wildman–Crippen LogP) is 4.67. The van der Waals surface area contributed by atoms with E-state index in [1.165, 1.54) is 7.11 Å². The van der Waals surface area contributed by atoms with Crippen molar-refractivity contribution in [2.75, 3.05) is 7.11 Å². The minimum atomic E-state index is -1.74. The van der Waals surface area contributed by atoms with Crippen LogP contribution in [0.4, 0.5) is 0 Å². The number of H-pyrrole nitrogens is 1. The summed E-state index contributed by atoms with van der Waals surface area (Å²) in [4.78, 5) is 42.0. The molecule has 0 bridgehead atoms. The Balaban J connectivity index is 1.76. The monoisotopic (exact) mass is 530 g/mol. The van der Waals surface area contributed by atoms with Crippen LogP contribution < -0.4 is 15.4 Å². The van der Waals surface area contributed by atoms with E-state index < -0.39 is 20.0 Å². The SMILES string of the molecule is COc1cc(Cl)cc2[nH]c(C(=O)CC(C[Si](C)(C)C)C(=O)NC(C#N)CC3CC(C)(C)NC3=O)cc12. The van der Waals surface area contributed by atoms with Crippen LogP contribution in [0.1, 0.15) is 43.6 Å². The first-order valence-electron chi connectivity index (χ1n) is 12.1. The summed E-state index contributed by atoms with van der Waals surface area (Å²) in [6, 6.07) is 7.04. The highest BCUT2D eigenvalue weighted by Gasteiger charge is 2.39. The Kier molecular flexibility index (Phi) is 8.21. The van der Waals surface area contributed by atoms with Gasteiger partial charge in [0.1, 0.15) is 11.8 Å². The number of fused-ring (bicyclic) bond motifs is 1. The van der Waals surface area contributed by atoms with E-state index in [0.29, 0.717) is 34.4 Å². The molecule has 1 fully saturated rings. The number of Topliss-reactive ketones (excluding diaryl/α,β-unsaturated/α-hetero) is 1. The van der Waals surface area contributed by atoms with Gasteiger partial charge in [-0.15, -0.1) is 0 Å². The average molecular weight is 531 g/mol. The van der Waals surface area contributed by atoms with Gasteiger partial charge in [0, 0.05) is 42.3 Å². The van der Waals surface area contributed by atoms with Crippen molar-refractivity contribution in [3.8, 4) is 11.8 Å². The van der Waals surface area contributed by atoms with Crippen LogP contribution in [-0.2, 0) is 9.59 Å². The summed E-state index contributed by atoms with van der Waals surface area (Å²) in [5.41, 5.74) is 0.724. The molecule has 36 heavy (non-hydrogen) atoms. The number of aromatic amines is 1. The van der Waals surface area contributed by atoms with Crippen molar-refractivity contribution < 1.29 is 19.1 Å². The topological polar surface area (TPSA) is 124 Å². The molecule has 10 heteroatoms. The molecular weight excluding hydrogens is 496 g/mol. The molecule has 1 aliphatic heterocycles. The third-order valence-corrected chi connectivity index (χ3v) is 8.36. The highest BCUT2D eigenvalue weighted by Crippen LogP contribution is 2.32. The lowest BCUT2D eigenvalue weighted by molar-refractivity contribution is -0.126. The molecule has 1 saturated heterocycles. The van der Waals surface area contributed by atoms with Crippen LogP contribution in [0.15, 0.2) is 18.2 Å². The number of rotatable bonds is 10. The van der Waals surface area contributed by atoms with Crippen molar-refractivity contribution in [2.24, 2.45) is 11.8 Å². The van der Waals surface area contributed by atoms with Crippen LogP contribution in [0.3, 0.4) is 0 Å². The van der Waals surface area contributed by atoms with Gasteiger partial charge in [-0.2, -0.15) is 5.26 Å². The molecule has 3 rings (SSSR count). The van der Waals surface area contributed by atoms with E-state index in [1.54, 1.807) is 18.2 Å². The van der Waals surface area contributed by atoms with Gasteiger partial charge in [0.25, 0.3) is 0 Å². The quantitative estimate of drug-likeness (QED) is 0.304. The molecule has 1 aromatic carbocycles. The number of hydrogen-bond donors (Lipinski definition) is 3. The summed E-state index contributed by atoms with van der Waals surface area (Å²) in [5.74, 6) is -0.987. The van der Waals surface area contributed by atoms with E-state index in [0.717, 1.165) is 5.39 Å². The zero-order valence-corrected chi connectivity index (χ0v) is 23.5. The minimum absolute atomic E-state index is 0.00800. The summed E-state index contributed by atoms with van der Waals surface area (Å²) in [6.07, 6.45) is 0.853. The Labute approximate surface area is 218 Å². The second kappa shape index (κ2) is 10.6. The van der Waals surface area contributed by atoms with E-state index in [2.05, 4.69) is 41.3 Å². The highest BCUT2D eigenvalue weighted by atomic mass is 35.5. The zero-order chi connectivity index (χ0) is 26.8. The van der Waals surface area contributed by atoms with Gasteiger partial charge in [-0.25, -0.2) is 0 Å². The summed E-state index contributed by atoms with van der Waals surface area (Å²) < 4.78 is 5.38. The van der Waals surface area contributed by atoms with E-state index in [9.17, 15) is 19.6 Å². The van der Waals surface area contributed by atoms with Crippen molar-refractivity contribution in [2.45, 2.75) is 70.4 Å². The largest absolute Gasteiger partial charge is 0.496 e. The molecule has 0 spiro atoms. The summed E-state index contributed by atoms with van der Waals surface area (Å²) in [5, 5.41) is 16.7. The van der Waals surface area contributed by atoms with E-state index in [4.69, 9.17) is 16.3 Å². The Morgan fingerprint density at radius 1 is 1.31 bits per heavy atom. The van der Waals surface area contributed by atoms with Gasteiger partial charge < -0.3 is 20.4 Å². The third-order valence-electron chi connectivity index (χ3n) is 6.43. The molecule has 2 aromatic rings. The first kappa shape index (κ1) is 27.7. The number of aromatic nitrogens is 1. The lowest BCUT2D eigenvalue weighted by Gasteiger charge is -2.25. The average Bonchev–Trinajstić information content (AvgIpc) is 3.30. The number of carbonyl (C=O) groups excluding carboxylic acids is 3. The summed E-state index contributed by atoms with van der Waals surface area (Å²) in [6.45, 7) is 10.3. The van der Waals surface area contributed by atoms with Crippen LogP contribution >= 0.6 is 11.6 Å². The molecule has 2 amide bonds. The van der Waals surface area contributed by atoms with Gasteiger partial charge in [-0.3, -0.25) is 14.4 Å². The molecule has 3 atom stereocenters. The maximum absolute atomic E-state index is 13.3. The third kappa shape index (κ3) is 6.89. The number of methoxy groups -OCH3 is 1. The normalized spacial score (nSPS) is 18.8. The van der Waals surface area contributed by atoms with E-state index >= 15 is 0 Å². The number of amides is 2. The lowest BCUT2D eigenvalue weighted by atomic mass is 9.91. The number of halogens is 1. The standard InChI is InChI=1S/C26H35ClN4O4Si/c1-26(2)12-15(25(34)31-26)7-18(13-28)29-24(33)16(14-36(4,5)6)8-22(32)21-11-19-20(30-21)9-17(27)10-23(19)35-3/h9-11,15-16,18,30H,7-8,12,14H2,1-6H3,(H,29,33)(H,31,34). The molecule has 1 aromatic heterocycles. The van der Waals surface area contributed by atoms with Gasteiger partial charge >= 0.3 is 0 Å². The zero-order valence-electron chi connectivity index (χ0n) is 21.8. The molecule has 0 aliphatic carbocycles. The predicted molar refractivity (Wildman–Crippen MR) is 143 cm³/mol. The fourth-order valence-corrected chi connectivity index (χ4v) is 6.94. The van der Waals surface area contributed by atoms with Gasteiger partial charge in [0.2, 0.25) is 11.8 Å². The van der Waals surface area contributed by atoms with Crippen molar-refractivity contribution in [1.29, 1.82) is 5.26 Å². The number of ketones is 1. The number of benzene rings is 1. The maximum Gasteiger partial charge on any atom is 0.224 e. The highest BCUT2D eigenvalue weighted by molar-refractivity contribution is 6.76. The second-order valence-electron chi connectivity index (χ2n) is 11.5. The summed E-state index contributed by atoms with van der Waals surface area (Å²) >= 11 is 6.15. The Hall–Kier alpha value is -2.83. The Morgan fingerprint density at radius 3 is 2.56 bits per heavy atom. The molecule has 8 nitrogen and oxygen atoms in total. The van der Waals surface area contributed by atoms with Crippen molar-refractivity contribution in [3.63, 3.8) is 0 Å². The van der Waals surface area contributed by atoms with Gasteiger partial charge in [-0.05, 0) is 50.9 Å². The number of hydrogen-bond acceptors (Lipinski definition) is 5. The van der Waals surface area contributed by atoms with Gasteiger partial charge in [0.05, 0.1) is 24.4 Å². The van der Waals surface area contributed by atoms with Crippen LogP contribution in [0.5, 0.6) is 5.75 Å². The molecule has 3 unspecified atom stereocenters. The summed E-state index contributed by atoms with van der Waals surface area (Å²) in [7, 11) is -0.202. The van der Waals surface area contributed by atoms with Gasteiger partial charge in [-0.1, -0.05) is 31.2 Å². The first-order valence-corrected chi connectivity index (χ1v) is 16.2. The lowest BCUT2D eigenvalue weighted by Crippen LogP contribution is -2.42. The Morgan fingerprint density at radius 2 is 2.00 bits per heavy atom. The number of nitrogens with one attached hydrogen (secondary N) is 3. The van der Waals surface area contributed by atoms with Crippen LogP contribution in [0.25, 0.3) is 10.9 Å². The molecule has 0 saturated carbocycles. The van der Waals surface area contributed by atoms with E-state index in [-0.39, 0.29) is 41.9 Å². The molecule has 0 radical (unpaired) electrons. The second-order valence-corrected chi connectivity index (χ2v) is 17.5. The Bertz CT molecular complexity index is 1210. The number of nitriles is 1. The minimum Gasteiger partial charge on any atom is -0.496 e. The first-order chi connectivity index (χ1) is 16.7. The number of ether oxygens (including phenoxy) is 1. The van der Waals surface area contributed by atoms with Crippen LogP contribution in [0, 0.1) is 23.2 Å². The van der Waals surface area contributed by atoms with Crippen molar-refractivity contribution in [1.82, 2.24) is 15.6 Å². The maximum atomic E-state index is 13.3. The molecular formula is C26H35ClN4O4Si. The van der Waals surface area contributed by atoms with Crippen LogP contribution in [-0.4, -0.2) is 49.3 Å². The number of nitrogens with zero attached hydrogens (tertiary/aromatic N) is 1. The fraction of sp³-hybridized carbons (Fsp3) is 0.538. The van der Waals surface area contributed by atoms with Crippen molar-refractivity contribution >= 4 is 48.2 Å². The van der Waals surface area contributed by atoms with E-state index in [1.807, 2.05) is 13.8 Å². The molecule has 194 valence electrons. The number of carbonyl (C=O) groups is 3. The van der Waals surface area contributed by atoms with Gasteiger partial charge in [0.15, 0.2) is 5.78 Å². The fourth-order valence-electron chi connectivity index (χ4n) is 4.92. The van der Waals surface area contributed by atoms with Crippen LogP contribution in [0.2, 0.25) is 30.7 Å². The smallest absolute Gasteiger partial charge is 0.224 e. The molecule has 2 heterocycles. The van der Waals surface area contributed by atoms with Crippen molar-refractivity contribution in [3.05, 3.63) is 28.9 Å².